The second-order valence-electron chi connectivity index (χ2n) is 4.77. The summed E-state index contributed by atoms with van der Waals surface area (Å²) >= 11 is 0. The summed E-state index contributed by atoms with van der Waals surface area (Å²) in [5.74, 6) is 0. The van der Waals surface area contributed by atoms with E-state index in [0.29, 0.717) is 0 Å². The van der Waals surface area contributed by atoms with Gasteiger partial charge in [0.15, 0.2) is 6.29 Å². The Morgan fingerprint density at radius 2 is 1.33 bits per heavy atom. The second-order valence-corrected chi connectivity index (χ2v) is 4.77. The van der Waals surface area contributed by atoms with E-state index in [-0.39, 0.29) is 0 Å². The molecule has 0 aliphatic heterocycles. The molecule has 0 saturated carbocycles. The van der Waals surface area contributed by atoms with Crippen LogP contribution < -0.4 is 0 Å². The van der Waals surface area contributed by atoms with E-state index in [4.69, 9.17) is 0 Å². The van der Waals surface area contributed by atoms with E-state index >= 15 is 0 Å². The summed E-state index contributed by atoms with van der Waals surface area (Å²) in [4.78, 5) is 11.4. The Bertz CT molecular complexity index is 595. The molecule has 1 nitrogen and oxygen atoms in total. The van der Waals surface area contributed by atoms with Gasteiger partial charge in [0.25, 0.3) is 0 Å². The first-order chi connectivity index (χ1) is 8.57. The Morgan fingerprint density at radius 3 is 1.89 bits per heavy atom. The lowest BCUT2D eigenvalue weighted by atomic mass is 9.86. The predicted octanol–water partition coefficient (Wildman–Crippen LogP) is 4.40. The molecule has 0 spiro atoms. The number of rotatable bonds is 2. The lowest BCUT2D eigenvalue weighted by Crippen LogP contribution is -2.01. The minimum atomic E-state index is 0.821. The van der Waals surface area contributed by atoms with Gasteiger partial charge in [-0.05, 0) is 61.1 Å². The molecule has 92 valence electrons. The molecule has 0 amide bonds. The third-order valence-corrected chi connectivity index (χ3v) is 3.92. The van der Waals surface area contributed by atoms with Gasteiger partial charge in [-0.2, -0.15) is 0 Å². The fourth-order valence-electron chi connectivity index (χ4n) is 2.47. The molecule has 0 N–H and O–H groups in total. The summed E-state index contributed by atoms with van der Waals surface area (Å²) < 4.78 is 0. The zero-order valence-corrected chi connectivity index (χ0v) is 11.4. The van der Waals surface area contributed by atoms with Crippen molar-refractivity contribution in [3.05, 3.63) is 58.1 Å². The average molecular weight is 238 g/mol. The average Bonchev–Trinajstić information content (AvgIpc) is 2.41. The fourth-order valence-corrected chi connectivity index (χ4v) is 2.47. The van der Waals surface area contributed by atoms with E-state index in [0.717, 1.165) is 28.5 Å². The van der Waals surface area contributed by atoms with Gasteiger partial charge in [0, 0.05) is 5.56 Å². The van der Waals surface area contributed by atoms with E-state index in [1.165, 1.54) is 16.7 Å². The molecule has 18 heavy (non-hydrogen) atoms. The van der Waals surface area contributed by atoms with Gasteiger partial charge in [-0.15, -0.1) is 0 Å². The summed E-state index contributed by atoms with van der Waals surface area (Å²) in [6.07, 6.45) is 0.983. The molecule has 1 heteroatoms. The molecule has 0 aromatic heterocycles. The van der Waals surface area contributed by atoms with Crippen molar-refractivity contribution in [2.24, 2.45) is 0 Å². The largest absolute Gasteiger partial charge is 0.298 e. The van der Waals surface area contributed by atoms with Gasteiger partial charge in [-0.25, -0.2) is 0 Å². The van der Waals surface area contributed by atoms with Crippen LogP contribution in [0.4, 0.5) is 0 Å². The first-order valence-corrected chi connectivity index (χ1v) is 6.19. The fraction of sp³-hybridized carbons (Fsp3) is 0.235. The van der Waals surface area contributed by atoms with Crippen LogP contribution in [0.3, 0.4) is 0 Å². The van der Waals surface area contributed by atoms with Crippen LogP contribution in [0.5, 0.6) is 0 Å². The number of carbonyl (C=O) groups excluding carboxylic acids is 1. The van der Waals surface area contributed by atoms with Crippen molar-refractivity contribution >= 4 is 6.29 Å². The summed E-state index contributed by atoms with van der Waals surface area (Å²) in [5.41, 5.74) is 7.79. The van der Waals surface area contributed by atoms with Crippen LogP contribution in [0, 0.1) is 27.7 Å². The number of aldehydes is 1. The second kappa shape index (κ2) is 4.77. The lowest BCUT2D eigenvalue weighted by molar-refractivity contribution is 0.112. The zero-order valence-electron chi connectivity index (χ0n) is 11.4. The van der Waals surface area contributed by atoms with Crippen molar-refractivity contribution < 1.29 is 4.79 Å². The number of hydrogen-bond acceptors (Lipinski definition) is 1. The molecular formula is C17H18O. The summed E-state index contributed by atoms with van der Waals surface area (Å²) in [5, 5.41) is 0. The monoisotopic (exact) mass is 238 g/mol. The van der Waals surface area contributed by atoms with E-state index in [9.17, 15) is 4.79 Å². The zero-order chi connectivity index (χ0) is 13.3. The number of hydrogen-bond donors (Lipinski definition) is 0. The molecule has 2 rings (SSSR count). The maximum Gasteiger partial charge on any atom is 0.150 e. The molecular weight excluding hydrogens is 220 g/mol. The quantitative estimate of drug-likeness (QED) is 0.709. The molecule has 0 aliphatic carbocycles. The number of carbonyl (C=O) groups is 1. The molecule has 0 bridgehead atoms. The molecule has 2 aromatic carbocycles. The van der Waals surface area contributed by atoms with Crippen molar-refractivity contribution in [1.29, 1.82) is 0 Å². The van der Waals surface area contributed by atoms with Crippen LogP contribution in [0.25, 0.3) is 11.1 Å². The van der Waals surface area contributed by atoms with Crippen LogP contribution in [0.2, 0.25) is 0 Å². The van der Waals surface area contributed by atoms with Crippen LogP contribution in [-0.4, -0.2) is 6.29 Å². The van der Waals surface area contributed by atoms with Crippen molar-refractivity contribution in [2.45, 2.75) is 27.7 Å². The van der Waals surface area contributed by atoms with Gasteiger partial charge in [0.1, 0.15) is 0 Å². The number of benzene rings is 2. The van der Waals surface area contributed by atoms with Crippen LogP contribution >= 0.6 is 0 Å². The standard InChI is InChI=1S/C17H18O/c1-11-12(2)14(4)17(16(10-18)13(11)3)15-8-6-5-7-9-15/h5-10H,1-4H3. The normalized spacial score (nSPS) is 10.4. The van der Waals surface area contributed by atoms with Gasteiger partial charge in [-0.3, -0.25) is 4.79 Å². The first-order valence-electron chi connectivity index (χ1n) is 6.19. The third-order valence-electron chi connectivity index (χ3n) is 3.92. The lowest BCUT2D eigenvalue weighted by Gasteiger charge is -2.18. The molecule has 0 unspecified atom stereocenters. The minimum absolute atomic E-state index is 0.821. The van der Waals surface area contributed by atoms with Gasteiger partial charge in [-0.1, -0.05) is 30.3 Å². The van der Waals surface area contributed by atoms with Crippen LogP contribution in [0.1, 0.15) is 32.6 Å². The van der Waals surface area contributed by atoms with Gasteiger partial charge >= 0.3 is 0 Å². The smallest absolute Gasteiger partial charge is 0.150 e. The third kappa shape index (κ3) is 1.86. The highest BCUT2D eigenvalue weighted by Crippen LogP contribution is 2.33. The van der Waals surface area contributed by atoms with Crippen molar-refractivity contribution in [3.8, 4) is 11.1 Å². The molecule has 0 aliphatic rings. The maximum atomic E-state index is 11.4. The van der Waals surface area contributed by atoms with Gasteiger partial charge < -0.3 is 0 Å². The Morgan fingerprint density at radius 1 is 0.778 bits per heavy atom. The van der Waals surface area contributed by atoms with E-state index < -0.39 is 0 Å². The molecule has 0 heterocycles. The first kappa shape index (κ1) is 12.6. The summed E-state index contributed by atoms with van der Waals surface area (Å²) in [6.45, 7) is 8.33. The molecule has 2 aromatic rings. The maximum absolute atomic E-state index is 11.4. The Labute approximate surface area is 108 Å². The van der Waals surface area contributed by atoms with Crippen molar-refractivity contribution in [3.63, 3.8) is 0 Å². The van der Waals surface area contributed by atoms with Gasteiger partial charge in [0.2, 0.25) is 0 Å². The van der Waals surface area contributed by atoms with Crippen LogP contribution in [0.15, 0.2) is 30.3 Å². The molecule has 0 fully saturated rings. The van der Waals surface area contributed by atoms with E-state index in [2.05, 4.69) is 32.9 Å². The topological polar surface area (TPSA) is 17.1 Å². The Hall–Kier alpha value is -1.89. The molecule has 0 atom stereocenters. The summed E-state index contributed by atoms with van der Waals surface area (Å²) in [7, 11) is 0. The van der Waals surface area contributed by atoms with E-state index in [1.807, 2.05) is 25.1 Å². The minimum Gasteiger partial charge on any atom is -0.298 e. The van der Waals surface area contributed by atoms with Crippen molar-refractivity contribution in [1.82, 2.24) is 0 Å². The van der Waals surface area contributed by atoms with Crippen LogP contribution in [-0.2, 0) is 0 Å². The van der Waals surface area contributed by atoms with Gasteiger partial charge in [0.05, 0.1) is 0 Å². The SMILES string of the molecule is Cc1c(C)c(C)c(-c2ccccc2)c(C=O)c1C. The van der Waals surface area contributed by atoms with E-state index in [1.54, 1.807) is 0 Å². The molecule has 0 radical (unpaired) electrons. The highest BCUT2D eigenvalue weighted by atomic mass is 16.1. The summed E-state index contributed by atoms with van der Waals surface area (Å²) in [6, 6.07) is 10.1. The Kier molecular flexibility index (Phi) is 3.33. The molecule has 0 saturated heterocycles. The Balaban J connectivity index is 2.86. The van der Waals surface area contributed by atoms with Crippen molar-refractivity contribution in [2.75, 3.05) is 0 Å². The highest BCUT2D eigenvalue weighted by molar-refractivity contribution is 5.92. The predicted molar refractivity (Wildman–Crippen MR) is 76.2 cm³/mol. The highest BCUT2D eigenvalue weighted by Gasteiger charge is 2.15.